The molecule has 0 saturated carbocycles. The van der Waals surface area contributed by atoms with Crippen LogP contribution in [0.2, 0.25) is 0 Å². The van der Waals surface area contributed by atoms with Gasteiger partial charge in [0.25, 0.3) is 5.56 Å². The van der Waals surface area contributed by atoms with E-state index >= 15 is 0 Å². The van der Waals surface area contributed by atoms with Gasteiger partial charge in [0.15, 0.2) is 0 Å². The van der Waals surface area contributed by atoms with Crippen LogP contribution in [0.5, 0.6) is 0 Å². The highest BCUT2D eigenvalue weighted by molar-refractivity contribution is 5.89. The summed E-state index contributed by atoms with van der Waals surface area (Å²) < 4.78 is 1.63. The van der Waals surface area contributed by atoms with Crippen LogP contribution in [-0.4, -0.2) is 4.57 Å². The van der Waals surface area contributed by atoms with E-state index in [-0.39, 0.29) is 16.7 Å². The number of rotatable bonds is 0. The Labute approximate surface area is 103 Å². The Hall–Kier alpha value is -2.59. The van der Waals surface area contributed by atoms with Crippen LogP contribution in [0, 0.1) is 22.7 Å². The number of aromatic nitrogens is 1. The van der Waals surface area contributed by atoms with E-state index in [0.717, 1.165) is 23.9 Å². The van der Waals surface area contributed by atoms with Crippen LogP contribution < -0.4 is 5.56 Å². The predicted octanol–water partition coefficient (Wildman–Crippen LogP) is 1.69. The van der Waals surface area contributed by atoms with Crippen molar-refractivity contribution in [3.63, 3.8) is 0 Å². The molecule has 18 heavy (non-hydrogen) atoms. The van der Waals surface area contributed by atoms with Crippen LogP contribution in [0.25, 0.3) is 10.9 Å². The van der Waals surface area contributed by atoms with E-state index in [2.05, 4.69) is 0 Å². The van der Waals surface area contributed by atoms with Crippen LogP contribution in [0.1, 0.15) is 23.1 Å². The molecule has 0 atom stereocenters. The van der Waals surface area contributed by atoms with Gasteiger partial charge < -0.3 is 4.57 Å². The van der Waals surface area contributed by atoms with Crippen molar-refractivity contribution >= 4 is 10.9 Å². The molecule has 3 rings (SSSR count). The summed E-state index contributed by atoms with van der Waals surface area (Å²) >= 11 is 0. The number of hydrogen-bond acceptors (Lipinski definition) is 3. The second-order valence-electron chi connectivity index (χ2n) is 4.35. The monoisotopic (exact) mass is 235 g/mol. The third-order valence-electron chi connectivity index (χ3n) is 3.42. The fourth-order valence-corrected chi connectivity index (χ4v) is 2.65. The molecule has 1 aromatic carbocycles. The summed E-state index contributed by atoms with van der Waals surface area (Å²) in [6.45, 7) is 0.618. The summed E-state index contributed by atoms with van der Waals surface area (Å²) in [5.41, 5.74) is 1.73. The lowest BCUT2D eigenvalue weighted by molar-refractivity contribution is 0.614. The van der Waals surface area contributed by atoms with Crippen molar-refractivity contribution in [1.29, 1.82) is 10.5 Å². The molecule has 0 saturated heterocycles. The molecule has 2 aromatic rings. The largest absolute Gasteiger partial charge is 0.307 e. The van der Waals surface area contributed by atoms with Crippen LogP contribution in [0.3, 0.4) is 0 Å². The van der Waals surface area contributed by atoms with Crippen LogP contribution >= 0.6 is 0 Å². The van der Waals surface area contributed by atoms with E-state index < -0.39 is 0 Å². The van der Waals surface area contributed by atoms with Crippen molar-refractivity contribution in [1.82, 2.24) is 4.57 Å². The molecule has 0 N–H and O–H groups in total. The summed E-state index contributed by atoms with van der Waals surface area (Å²) in [4.78, 5) is 12.2. The number of nitrogens with zero attached hydrogens (tertiary/aromatic N) is 3. The number of benzene rings is 1. The van der Waals surface area contributed by atoms with Crippen LogP contribution in [0.4, 0.5) is 0 Å². The molecular formula is C14H9N3O. The first-order chi connectivity index (χ1) is 8.77. The SMILES string of the molecule is N#Cc1c(C#N)c2cccc3c2n(c1=O)CCC3. The van der Waals surface area contributed by atoms with E-state index in [1.54, 1.807) is 10.6 Å². The molecule has 0 spiro atoms. The number of pyridine rings is 1. The van der Waals surface area contributed by atoms with E-state index in [9.17, 15) is 10.1 Å². The Bertz CT molecular complexity index is 803. The minimum atomic E-state index is -0.339. The standard InChI is InChI=1S/C14H9N3O/c15-7-11-10-5-1-3-9-4-2-6-17(13(9)10)14(18)12(11)8-16/h1,3,5H,2,4,6H2. The average molecular weight is 235 g/mol. The van der Waals surface area contributed by atoms with Gasteiger partial charge in [0.1, 0.15) is 17.7 Å². The van der Waals surface area contributed by atoms with E-state index in [0.29, 0.717) is 11.9 Å². The fourth-order valence-electron chi connectivity index (χ4n) is 2.65. The maximum atomic E-state index is 12.2. The van der Waals surface area contributed by atoms with Crippen molar-refractivity contribution in [2.75, 3.05) is 0 Å². The molecule has 86 valence electrons. The summed E-state index contributed by atoms with van der Waals surface area (Å²) in [5.74, 6) is 0. The zero-order valence-electron chi connectivity index (χ0n) is 9.60. The molecule has 0 aliphatic carbocycles. The first kappa shape index (κ1) is 10.6. The Balaban J connectivity index is 2.65. The molecule has 0 amide bonds. The Morgan fingerprint density at radius 3 is 2.67 bits per heavy atom. The Morgan fingerprint density at radius 1 is 1.17 bits per heavy atom. The first-order valence-corrected chi connectivity index (χ1v) is 5.76. The maximum Gasteiger partial charge on any atom is 0.270 e. The van der Waals surface area contributed by atoms with E-state index in [1.165, 1.54) is 0 Å². The fraction of sp³-hybridized carbons (Fsp3) is 0.214. The third kappa shape index (κ3) is 1.20. The molecule has 0 radical (unpaired) electrons. The van der Waals surface area contributed by atoms with E-state index in [1.807, 2.05) is 24.3 Å². The van der Waals surface area contributed by atoms with Gasteiger partial charge in [-0.3, -0.25) is 4.79 Å². The molecule has 1 aliphatic heterocycles. The van der Waals surface area contributed by atoms with Gasteiger partial charge in [0.05, 0.1) is 11.1 Å². The zero-order chi connectivity index (χ0) is 12.7. The molecule has 0 fully saturated rings. The minimum absolute atomic E-state index is 0.0379. The number of aryl methyl sites for hydroxylation is 2. The zero-order valence-corrected chi connectivity index (χ0v) is 9.60. The van der Waals surface area contributed by atoms with Gasteiger partial charge in [-0.25, -0.2) is 0 Å². The molecule has 0 bridgehead atoms. The second kappa shape index (κ2) is 3.72. The molecular weight excluding hydrogens is 226 g/mol. The quantitative estimate of drug-likeness (QED) is 0.697. The van der Waals surface area contributed by atoms with Crippen molar-refractivity contribution < 1.29 is 0 Å². The molecule has 1 aromatic heterocycles. The number of nitriles is 2. The normalized spacial score (nSPS) is 13.0. The second-order valence-corrected chi connectivity index (χ2v) is 4.35. The smallest absolute Gasteiger partial charge is 0.270 e. The van der Waals surface area contributed by atoms with Gasteiger partial charge in [0.2, 0.25) is 0 Å². The number of para-hydroxylation sites is 1. The van der Waals surface area contributed by atoms with Gasteiger partial charge >= 0.3 is 0 Å². The lowest BCUT2D eigenvalue weighted by Crippen LogP contribution is -2.27. The summed E-state index contributed by atoms with van der Waals surface area (Å²) in [5, 5.41) is 19.0. The van der Waals surface area contributed by atoms with Gasteiger partial charge in [-0.2, -0.15) is 10.5 Å². The summed E-state index contributed by atoms with van der Waals surface area (Å²) in [6.07, 6.45) is 1.80. The van der Waals surface area contributed by atoms with E-state index in [4.69, 9.17) is 5.26 Å². The van der Waals surface area contributed by atoms with Crippen molar-refractivity contribution in [3.8, 4) is 12.1 Å². The number of hydrogen-bond donors (Lipinski definition) is 0. The molecule has 2 heterocycles. The molecule has 0 unspecified atom stereocenters. The lowest BCUT2D eigenvalue weighted by Gasteiger charge is -2.20. The topological polar surface area (TPSA) is 69.6 Å². The van der Waals surface area contributed by atoms with Gasteiger partial charge in [-0.1, -0.05) is 18.2 Å². The van der Waals surface area contributed by atoms with Gasteiger partial charge in [-0.15, -0.1) is 0 Å². The van der Waals surface area contributed by atoms with Crippen LogP contribution in [0.15, 0.2) is 23.0 Å². The maximum absolute atomic E-state index is 12.2. The van der Waals surface area contributed by atoms with Gasteiger partial charge in [-0.05, 0) is 18.4 Å². The summed E-state index contributed by atoms with van der Waals surface area (Å²) in [7, 11) is 0. The third-order valence-corrected chi connectivity index (χ3v) is 3.42. The molecule has 4 heteroatoms. The summed E-state index contributed by atoms with van der Waals surface area (Å²) in [6, 6.07) is 9.52. The predicted molar refractivity (Wildman–Crippen MR) is 66.0 cm³/mol. The van der Waals surface area contributed by atoms with Crippen LogP contribution in [-0.2, 0) is 13.0 Å². The Kier molecular flexibility index (Phi) is 2.18. The minimum Gasteiger partial charge on any atom is -0.307 e. The lowest BCUT2D eigenvalue weighted by atomic mass is 9.96. The van der Waals surface area contributed by atoms with Crippen molar-refractivity contribution in [3.05, 3.63) is 45.2 Å². The average Bonchev–Trinajstić information content (AvgIpc) is 2.42. The highest BCUT2D eigenvalue weighted by atomic mass is 16.1. The van der Waals surface area contributed by atoms with Gasteiger partial charge in [0, 0.05) is 11.9 Å². The van der Waals surface area contributed by atoms with Crippen molar-refractivity contribution in [2.45, 2.75) is 19.4 Å². The molecule has 4 nitrogen and oxygen atoms in total. The molecule has 1 aliphatic rings. The first-order valence-electron chi connectivity index (χ1n) is 5.76. The van der Waals surface area contributed by atoms with Crippen molar-refractivity contribution in [2.24, 2.45) is 0 Å². The highest BCUT2D eigenvalue weighted by Crippen LogP contribution is 2.26. The Morgan fingerprint density at radius 2 is 1.94 bits per heavy atom. The highest BCUT2D eigenvalue weighted by Gasteiger charge is 2.20.